The van der Waals surface area contributed by atoms with Gasteiger partial charge in [0, 0.05) is 0 Å². The van der Waals surface area contributed by atoms with Crippen LogP contribution in [0.3, 0.4) is 0 Å². The Labute approximate surface area is 94.7 Å². The topological polar surface area (TPSA) is 0 Å². The first-order chi connectivity index (χ1) is 7.16. The summed E-state index contributed by atoms with van der Waals surface area (Å²) in [5, 5.41) is 0. The van der Waals surface area contributed by atoms with Crippen molar-refractivity contribution < 1.29 is 0 Å². The molecule has 84 valence electrons. The molecule has 0 aliphatic carbocycles. The van der Waals surface area contributed by atoms with E-state index < -0.39 is 0 Å². The molecule has 0 saturated heterocycles. The second kappa shape index (κ2) is 5.95. The Balaban J connectivity index is 2.58. The molecule has 0 saturated carbocycles. The highest BCUT2D eigenvalue weighted by Crippen LogP contribution is 2.19. The monoisotopic (exact) mass is 204 g/mol. The molecular formula is C15H24. The van der Waals surface area contributed by atoms with Gasteiger partial charge in [0.15, 0.2) is 0 Å². The van der Waals surface area contributed by atoms with Gasteiger partial charge in [-0.05, 0) is 55.9 Å². The molecule has 0 heterocycles. The van der Waals surface area contributed by atoms with Gasteiger partial charge in [0.1, 0.15) is 0 Å². The second-order valence-corrected chi connectivity index (χ2v) is 4.60. The fourth-order valence-electron chi connectivity index (χ4n) is 2.03. The van der Waals surface area contributed by atoms with E-state index in [9.17, 15) is 0 Å². The van der Waals surface area contributed by atoms with Gasteiger partial charge in [-0.15, -0.1) is 0 Å². The maximum Gasteiger partial charge on any atom is -0.0276 e. The van der Waals surface area contributed by atoms with Crippen LogP contribution in [0.4, 0.5) is 0 Å². The van der Waals surface area contributed by atoms with Crippen molar-refractivity contribution in [3.8, 4) is 0 Å². The summed E-state index contributed by atoms with van der Waals surface area (Å²) in [7, 11) is 0. The van der Waals surface area contributed by atoms with Crippen LogP contribution in [0.25, 0.3) is 0 Å². The molecule has 0 amide bonds. The van der Waals surface area contributed by atoms with Gasteiger partial charge in [0.05, 0.1) is 0 Å². The summed E-state index contributed by atoms with van der Waals surface area (Å²) in [6, 6.07) is 4.57. The van der Waals surface area contributed by atoms with Crippen LogP contribution >= 0.6 is 0 Å². The van der Waals surface area contributed by atoms with Gasteiger partial charge >= 0.3 is 0 Å². The van der Waals surface area contributed by atoms with Crippen LogP contribution in [-0.2, 0) is 6.42 Å². The van der Waals surface area contributed by atoms with Gasteiger partial charge in [-0.1, -0.05) is 38.3 Å². The third-order valence-corrected chi connectivity index (χ3v) is 3.47. The van der Waals surface area contributed by atoms with Gasteiger partial charge in [0.25, 0.3) is 0 Å². The summed E-state index contributed by atoms with van der Waals surface area (Å²) in [5.74, 6) is 0. The molecule has 0 aliphatic rings. The Morgan fingerprint density at radius 1 is 0.867 bits per heavy atom. The SMILES string of the molecule is CCCCCCc1ccc(C)c(C)c1C. The molecule has 0 aliphatic heterocycles. The molecule has 15 heavy (non-hydrogen) atoms. The minimum atomic E-state index is 1.26. The summed E-state index contributed by atoms with van der Waals surface area (Å²) < 4.78 is 0. The van der Waals surface area contributed by atoms with E-state index in [0.717, 1.165) is 0 Å². The molecule has 0 bridgehead atoms. The highest BCUT2D eigenvalue weighted by atomic mass is 14.1. The number of unbranched alkanes of at least 4 members (excludes halogenated alkanes) is 3. The lowest BCUT2D eigenvalue weighted by molar-refractivity contribution is 0.665. The first-order valence-electron chi connectivity index (χ1n) is 6.22. The van der Waals surface area contributed by atoms with E-state index in [4.69, 9.17) is 0 Å². The first kappa shape index (κ1) is 12.3. The lowest BCUT2D eigenvalue weighted by Gasteiger charge is -2.10. The van der Waals surface area contributed by atoms with Crippen molar-refractivity contribution in [3.05, 3.63) is 34.4 Å². The predicted molar refractivity (Wildman–Crippen MR) is 68.5 cm³/mol. The van der Waals surface area contributed by atoms with E-state index in [1.165, 1.54) is 48.8 Å². The molecule has 0 atom stereocenters. The molecule has 0 heteroatoms. The minimum Gasteiger partial charge on any atom is -0.0654 e. The Morgan fingerprint density at radius 3 is 2.27 bits per heavy atom. The van der Waals surface area contributed by atoms with Crippen molar-refractivity contribution in [3.63, 3.8) is 0 Å². The summed E-state index contributed by atoms with van der Waals surface area (Å²) >= 11 is 0. The van der Waals surface area contributed by atoms with Crippen LogP contribution in [0.5, 0.6) is 0 Å². The highest BCUT2D eigenvalue weighted by Gasteiger charge is 2.02. The van der Waals surface area contributed by atoms with Crippen molar-refractivity contribution in [1.29, 1.82) is 0 Å². The Kier molecular flexibility index (Phi) is 4.87. The standard InChI is InChI=1S/C15H24/c1-5-6-7-8-9-15-11-10-12(2)13(3)14(15)4/h10-11H,5-9H2,1-4H3. The second-order valence-electron chi connectivity index (χ2n) is 4.60. The maximum absolute atomic E-state index is 2.31. The number of rotatable bonds is 5. The van der Waals surface area contributed by atoms with Crippen LogP contribution in [0.15, 0.2) is 12.1 Å². The van der Waals surface area contributed by atoms with Crippen LogP contribution in [0.1, 0.15) is 54.9 Å². The maximum atomic E-state index is 2.31. The fraction of sp³-hybridized carbons (Fsp3) is 0.600. The van der Waals surface area contributed by atoms with Gasteiger partial charge in [-0.25, -0.2) is 0 Å². The first-order valence-corrected chi connectivity index (χ1v) is 6.22. The van der Waals surface area contributed by atoms with E-state index in [-0.39, 0.29) is 0 Å². The van der Waals surface area contributed by atoms with E-state index in [1.54, 1.807) is 5.56 Å². The average Bonchev–Trinajstić information content (AvgIpc) is 2.24. The summed E-state index contributed by atoms with van der Waals surface area (Å²) in [6.07, 6.45) is 6.68. The smallest absolute Gasteiger partial charge is 0.0276 e. The van der Waals surface area contributed by atoms with E-state index in [1.807, 2.05) is 0 Å². The third-order valence-electron chi connectivity index (χ3n) is 3.47. The molecule has 1 rings (SSSR count). The third kappa shape index (κ3) is 3.37. The number of benzene rings is 1. The van der Waals surface area contributed by atoms with E-state index >= 15 is 0 Å². The van der Waals surface area contributed by atoms with Crippen LogP contribution < -0.4 is 0 Å². The molecule has 0 unspecified atom stereocenters. The lowest BCUT2D eigenvalue weighted by atomic mass is 9.95. The Morgan fingerprint density at radius 2 is 1.60 bits per heavy atom. The number of hydrogen-bond donors (Lipinski definition) is 0. The zero-order chi connectivity index (χ0) is 11.3. The van der Waals surface area contributed by atoms with E-state index in [0.29, 0.717) is 0 Å². The zero-order valence-corrected chi connectivity index (χ0v) is 10.7. The van der Waals surface area contributed by atoms with Crippen molar-refractivity contribution in [1.82, 2.24) is 0 Å². The average molecular weight is 204 g/mol. The van der Waals surface area contributed by atoms with Crippen molar-refractivity contribution in [2.45, 2.75) is 59.8 Å². The number of aryl methyl sites for hydroxylation is 2. The van der Waals surface area contributed by atoms with Crippen LogP contribution in [0, 0.1) is 20.8 Å². The number of hydrogen-bond acceptors (Lipinski definition) is 0. The normalized spacial score (nSPS) is 10.7. The lowest BCUT2D eigenvalue weighted by Crippen LogP contribution is -1.95. The molecule has 0 radical (unpaired) electrons. The predicted octanol–water partition coefficient (Wildman–Crippen LogP) is 4.73. The van der Waals surface area contributed by atoms with Crippen LogP contribution in [0.2, 0.25) is 0 Å². The molecule has 0 nitrogen and oxygen atoms in total. The van der Waals surface area contributed by atoms with Crippen molar-refractivity contribution in [2.75, 3.05) is 0 Å². The van der Waals surface area contributed by atoms with Gasteiger partial charge in [0.2, 0.25) is 0 Å². The molecule has 0 spiro atoms. The van der Waals surface area contributed by atoms with Crippen molar-refractivity contribution >= 4 is 0 Å². The highest BCUT2D eigenvalue weighted by molar-refractivity contribution is 5.38. The molecule has 0 fully saturated rings. The van der Waals surface area contributed by atoms with Gasteiger partial charge < -0.3 is 0 Å². The molecule has 0 N–H and O–H groups in total. The summed E-state index contributed by atoms with van der Waals surface area (Å²) in [5.41, 5.74) is 5.95. The minimum absolute atomic E-state index is 1.26. The van der Waals surface area contributed by atoms with Crippen LogP contribution in [-0.4, -0.2) is 0 Å². The van der Waals surface area contributed by atoms with Gasteiger partial charge in [-0.3, -0.25) is 0 Å². The molecule has 0 aromatic heterocycles. The summed E-state index contributed by atoms with van der Waals surface area (Å²) in [6.45, 7) is 8.96. The Bertz CT molecular complexity index is 310. The Hall–Kier alpha value is -0.780. The van der Waals surface area contributed by atoms with Crippen molar-refractivity contribution in [2.24, 2.45) is 0 Å². The van der Waals surface area contributed by atoms with Gasteiger partial charge in [-0.2, -0.15) is 0 Å². The summed E-state index contributed by atoms with van der Waals surface area (Å²) in [4.78, 5) is 0. The largest absolute Gasteiger partial charge is 0.0654 e. The van der Waals surface area contributed by atoms with E-state index in [2.05, 4.69) is 39.8 Å². The zero-order valence-electron chi connectivity index (χ0n) is 10.7. The quantitative estimate of drug-likeness (QED) is 0.608. The molecule has 1 aromatic rings. The molecule has 1 aromatic carbocycles. The fourth-order valence-corrected chi connectivity index (χ4v) is 2.03. The molecular weight excluding hydrogens is 180 g/mol.